The Hall–Kier alpha value is -0.830. The number of ketones is 1. The second-order valence-corrected chi connectivity index (χ2v) is 3.83. The monoisotopic (exact) mass is 182 g/mol. The number of rotatable bonds is 1. The molecule has 0 aromatic heterocycles. The van der Waals surface area contributed by atoms with Crippen LogP contribution in [0.15, 0.2) is 11.3 Å². The van der Waals surface area contributed by atoms with Gasteiger partial charge in [0.1, 0.15) is 5.76 Å². The second kappa shape index (κ2) is 2.58. The maximum Gasteiger partial charge on any atom is 0.214 e. The van der Waals surface area contributed by atoms with Gasteiger partial charge in [0, 0.05) is 12.5 Å². The van der Waals surface area contributed by atoms with Crippen LogP contribution >= 0.6 is 0 Å². The fourth-order valence-corrected chi connectivity index (χ4v) is 2.35. The molecule has 3 heteroatoms. The minimum Gasteiger partial charge on any atom is -0.466 e. The molecular weight excluding hydrogens is 168 g/mol. The number of allylic oxidation sites excluding steroid dienone is 1. The van der Waals surface area contributed by atoms with Gasteiger partial charge >= 0.3 is 0 Å². The lowest BCUT2D eigenvalue weighted by Gasteiger charge is -2.23. The highest BCUT2D eigenvalue weighted by atomic mass is 16.7. The average Bonchev–Trinajstić information content (AvgIpc) is 2.40. The van der Waals surface area contributed by atoms with Gasteiger partial charge in [0.25, 0.3) is 0 Å². The van der Waals surface area contributed by atoms with Crippen LogP contribution in [0.1, 0.15) is 27.2 Å². The third kappa shape index (κ3) is 1.10. The first-order valence-electron chi connectivity index (χ1n) is 4.59. The molecule has 72 valence electrons. The predicted octanol–water partition coefficient (Wildman–Crippen LogP) is 1.63. The van der Waals surface area contributed by atoms with E-state index in [0.29, 0.717) is 6.61 Å². The van der Waals surface area contributed by atoms with Crippen molar-refractivity contribution in [3.8, 4) is 0 Å². The summed E-state index contributed by atoms with van der Waals surface area (Å²) in [7, 11) is 0. The fourth-order valence-electron chi connectivity index (χ4n) is 2.35. The average molecular weight is 182 g/mol. The van der Waals surface area contributed by atoms with E-state index >= 15 is 0 Å². The Morgan fingerprint density at radius 3 is 2.92 bits per heavy atom. The molecule has 3 nitrogen and oxygen atoms in total. The van der Waals surface area contributed by atoms with E-state index in [4.69, 9.17) is 9.47 Å². The van der Waals surface area contributed by atoms with Gasteiger partial charge in [0.2, 0.25) is 5.79 Å². The molecule has 0 radical (unpaired) electrons. The van der Waals surface area contributed by atoms with Crippen molar-refractivity contribution in [3.05, 3.63) is 11.3 Å². The van der Waals surface area contributed by atoms with Crippen LogP contribution < -0.4 is 0 Å². The van der Waals surface area contributed by atoms with Crippen LogP contribution in [0.25, 0.3) is 0 Å². The van der Waals surface area contributed by atoms with Crippen molar-refractivity contribution in [3.63, 3.8) is 0 Å². The molecule has 1 fully saturated rings. The number of carbonyl (C=O) groups is 1. The van der Waals surface area contributed by atoms with Crippen LogP contribution in [0.2, 0.25) is 0 Å². The van der Waals surface area contributed by atoms with Gasteiger partial charge in [-0.1, -0.05) is 0 Å². The number of hydrogen-bond acceptors (Lipinski definition) is 3. The third-order valence-corrected chi connectivity index (χ3v) is 2.89. The fraction of sp³-hybridized carbons (Fsp3) is 0.700. The number of carbonyl (C=O) groups excluding carboxylic acids is 1. The molecule has 2 rings (SSSR count). The van der Waals surface area contributed by atoms with Crippen LogP contribution in [0.3, 0.4) is 0 Å². The number of hydrogen-bond donors (Lipinski definition) is 0. The third-order valence-electron chi connectivity index (χ3n) is 2.89. The normalized spacial score (nSPS) is 37.6. The van der Waals surface area contributed by atoms with E-state index in [9.17, 15) is 4.79 Å². The largest absolute Gasteiger partial charge is 0.466 e. The number of ether oxygens (including phenoxy) is 2. The molecule has 0 spiro atoms. The van der Waals surface area contributed by atoms with Gasteiger partial charge in [-0.25, -0.2) is 0 Å². The lowest BCUT2D eigenvalue weighted by atomic mass is 9.90. The van der Waals surface area contributed by atoms with Crippen molar-refractivity contribution in [2.24, 2.45) is 5.92 Å². The zero-order valence-corrected chi connectivity index (χ0v) is 8.22. The lowest BCUT2D eigenvalue weighted by Crippen LogP contribution is -2.30. The quantitative estimate of drug-likeness (QED) is 0.618. The smallest absolute Gasteiger partial charge is 0.214 e. The van der Waals surface area contributed by atoms with Gasteiger partial charge in [0.15, 0.2) is 5.78 Å². The summed E-state index contributed by atoms with van der Waals surface area (Å²) < 4.78 is 11.1. The Kier molecular flexibility index (Phi) is 1.74. The first kappa shape index (κ1) is 8.75. The van der Waals surface area contributed by atoms with Gasteiger partial charge in [-0.05, 0) is 20.3 Å². The zero-order chi connectivity index (χ0) is 9.64. The van der Waals surface area contributed by atoms with Gasteiger partial charge in [0.05, 0.1) is 12.5 Å². The Labute approximate surface area is 77.7 Å². The highest BCUT2D eigenvalue weighted by molar-refractivity contribution is 5.94. The Morgan fingerprint density at radius 1 is 1.62 bits per heavy atom. The SMILES string of the molecule is CC(=O)C1=C(C)O[C@@]2(C)OCC[C@@H]12. The van der Waals surface area contributed by atoms with Crippen molar-refractivity contribution in [2.75, 3.05) is 6.61 Å². The minimum atomic E-state index is -0.564. The molecular formula is C10H14O3. The molecule has 0 saturated carbocycles. The van der Waals surface area contributed by atoms with Crippen LogP contribution in [0.5, 0.6) is 0 Å². The first-order valence-corrected chi connectivity index (χ1v) is 4.59. The summed E-state index contributed by atoms with van der Waals surface area (Å²) >= 11 is 0. The molecule has 0 amide bonds. The molecule has 2 aliphatic heterocycles. The van der Waals surface area contributed by atoms with Crippen molar-refractivity contribution in [2.45, 2.75) is 33.0 Å². The molecule has 13 heavy (non-hydrogen) atoms. The molecule has 0 aromatic carbocycles. The summed E-state index contributed by atoms with van der Waals surface area (Å²) in [6.07, 6.45) is 0.892. The van der Waals surface area contributed by atoms with Crippen LogP contribution in [-0.2, 0) is 14.3 Å². The van der Waals surface area contributed by atoms with Crippen molar-refractivity contribution in [1.82, 2.24) is 0 Å². The maximum atomic E-state index is 11.3. The van der Waals surface area contributed by atoms with E-state index in [1.165, 1.54) is 0 Å². The van der Waals surface area contributed by atoms with Crippen molar-refractivity contribution in [1.29, 1.82) is 0 Å². The zero-order valence-electron chi connectivity index (χ0n) is 8.22. The summed E-state index contributed by atoms with van der Waals surface area (Å²) in [6.45, 7) is 6.02. The van der Waals surface area contributed by atoms with Gasteiger partial charge in [-0.15, -0.1) is 0 Å². The molecule has 1 saturated heterocycles. The van der Waals surface area contributed by atoms with Gasteiger partial charge < -0.3 is 9.47 Å². The van der Waals surface area contributed by atoms with Crippen LogP contribution in [-0.4, -0.2) is 18.2 Å². The Morgan fingerprint density at radius 2 is 2.31 bits per heavy atom. The standard InChI is InChI=1S/C10H14O3/c1-6(11)9-7(2)13-10(3)8(9)4-5-12-10/h8H,4-5H2,1-3H3/t8-,10+/m0/s1. The highest BCUT2D eigenvalue weighted by Crippen LogP contribution is 2.46. The molecule has 0 aromatic rings. The number of Topliss-reactive ketones (excluding diaryl/α,β-unsaturated/α-hetero) is 1. The lowest BCUT2D eigenvalue weighted by molar-refractivity contribution is -0.172. The van der Waals surface area contributed by atoms with E-state index in [-0.39, 0.29) is 11.7 Å². The number of fused-ring (bicyclic) bond motifs is 1. The Balaban J connectivity index is 2.37. The minimum absolute atomic E-state index is 0.108. The summed E-state index contributed by atoms with van der Waals surface area (Å²) in [5.41, 5.74) is 0.819. The molecule has 0 unspecified atom stereocenters. The Bertz CT molecular complexity index is 293. The predicted molar refractivity (Wildman–Crippen MR) is 46.9 cm³/mol. The molecule has 2 atom stereocenters. The van der Waals surface area contributed by atoms with E-state index in [1.54, 1.807) is 6.92 Å². The van der Waals surface area contributed by atoms with Crippen molar-refractivity contribution < 1.29 is 14.3 Å². The first-order chi connectivity index (χ1) is 6.04. The van der Waals surface area contributed by atoms with E-state index in [0.717, 1.165) is 17.8 Å². The van der Waals surface area contributed by atoms with Gasteiger partial charge in [-0.2, -0.15) is 0 Å². The molecule has 0 N–H and O–H groups in total. The van der Waals surface area contributed by atoms with E-state index < -0.39 is 5.79 Å². The summed E-state index contributed by atoms with van der Waals surface area (Å²) in [5.74, 6) is 0.423. The highest BCUT2D eigenvalue weighted by Gasteiger charge is 2.51. The van der Waals surface area contributed by atoms with Crippen LogP contribution in [0, 0.1) is 5.92 Å². The molecule has 0 aliphatic carbocycles. The maximum absolute atomic E-state index is 11.3. The summed E-state index contributed by atoms with van der Waals surface area (Å²) in [4.78, 5) is 11.3. The second-order valence-electron chi connectivity index (χ2n) is 3.83. The summed E-state index contributed by atoms with van der Waals surface area (Å²) in [5, 5.41) is 0. The van der Waals surface area contributed by atoms with Crippen LogP contribution in [0.4, 0.5) is 0 Å². The van der Waals surface area contributed by atoms with Gasteiger partial charge in [-0.3, -0.25) is 4.79 Å². The molecule has 2 aliphatic rings. The topological polar surface area (TPSA) is 35.5 Å². The molecule has 2 heterocycles. The van der Waals surface area contributed by atoms with E-state index in [2.05, 4.69) is 0 Å². The van der Waals surface area contributed by atoms with Crippen molar-refractivity contribution >= 4 is 5.78 Å². The summed E-state index contributed by atoms with van der Waals surface area (Å²) in [6, 6.07) is 0. The molecule has 0 bridgehead atoms. The van der Waals surface area contributed by atoms with E-state index in [1.807, 2.05) is 13.8 Å².